The van der Waals surface area contributed by atoms with Crippen molar-refractivity contribution in [1.82, 2.24) is 10.2 Å². The Labute approximate surface area is 110 Å². The molecule has 4 nitrogen and oxygen atoms in total. The summed E-state index contributed by atoms with van der Waals surface area (Å²) in [4.78, 5) is 2.62. The van der Waals surface area contributed by atoms with Gasteiger partial charge in [-0.2, -0.15) is 0 Å². The summed E-state index contributed by atoms with van der Waals surface area (Å²) >= 11 is 0. The van der Waals surface area contributed by atoms with Crippen molar-refractivity contribution in [2.75, 3.05) is 31.1 Å². The third kappa shape index (κ3) is 3.25. The molecule has 2 heterocycles. The molecule has 0 bridgehead atoms. The highest BCUT2D eigenvalue weighted by atomic mass is 32.2. The zero-order chi connectivity index (χ0) is 12.6. The summed E-state index contributed by atoms with van der Waals surface area (Å²) in [5.74, 6) is 1.48. The Hall–Kier alpha value is -0.130. The Bertz CT molecular complexity index is 392. The average Bonchev–Trinajstić information content (AvgIpc) is 3.05. The minimum atomic E-state index is -2.76. The van der Waals surface area contributed by atoms with Crippen LogP contribution >= 0.6 is 0 Å². The first-order valence-electron chi connectivity index (χ1n) is 7.30. The van der Waals surface area contributed by atoms with Crippen molar-refractivity contribution in [2.45, 2.75) is 44.2 Å². The lowest BCUT2D eigenvalue weighted by Gasteiger charge is -2.24. The van der Waals surface area contributed by atoms with E-state index in [1.54, 1.807) is 0 Å². The van der Waals surface area contributed by atoms with Gasteiger partial charge in [0.2, 0.25) is 0 Å². The van der Waals surface area contributed by atoms with Gasteiger partial charge in [-0.05, 0) is 51.1 Å². The fourth-order valence-electron chi connectivity index (χ4n) is 3.32. The van der Waals surface area contributed by atoms with Crippen molar-refractivity contribution in [3.8, 4) is 0 Å². The Morgan fingerprint density at radius 3 is 2.72 bits per heavy atom. The molecule has 2 saturated heterocycles. The van der Waals surface area contributed by atoms with Crippen LogP contribution < -0.4 is 5.32 Å². The summed E-state index contributed by atoms with van der Waals surface area (Å²) in [6.45, 7) is 3.47. The standard InChI is InChI=1S/C13H24N2O2S/c16-18(17)7-1-2-12(10-18)14-8-11-5-6-15(9-11)13-3-4-13/h11-14H,1-10H2. The van der Waals surface area contributed by atoms with E-state index in [1.165, 1.54) is 32.4 Å². The third-order valence-electron chi connectivity index (χ3n) is 4.54. The molecule has 0 aromatic rings. The number of nitrogens with zero attached hydrogens (tertiary/aromatic N) is 1. The van der Waals surface area contributed by atoms with Crippen LogP contribution in [-0.2, 0) is 9.84 Å². The smallest absolute Gasteiger partial charge is 0.151 e. The van der Waals surface area contributed by atoms with Crippen molar-refractivity contribution < 1.29 is 8.42 Å². The van der Waals surface area contributed by atoms with E-state index in [-0.39, 0.29) is 6.04 Å². The van der Waals surface area contributed by atoms with Crippen molar-refractivity contribution in [3.63, 3.8) is 0 Å². The molecule has 1 aliphatic carbocycles. The molecule has 2 atom stereocenters. The maximum Gasteiger partial charge on any atom is 0.151 e. The quantitative estimate of drug-likeness (QED) is 0.816. The summed E-state index contributed by atoms with van der Waals surface area (Å²) in [7, 11) is -2.76. The van der Waals surface area contributed by atoms with Crippen LogP contribution in [0.4, 0.5) is 0 Å². The minimum absolute atomic E-state index is 0.207. The molecule has 2 aliphatic heterocycles. The van der Waals surface area contributed by atoms with Gasteiger partial charge in [0.25, 0.3) is 0 Å². The number of hydrogen-bond acceptors (Lipinski definition) is 4. The Kier molecular flexibility index (Phi) is 3.65. The highest BCUT2D eigenvalue weighted by Crippen LogP contribution is 2.31. The van der Waals surface area contributed by atoms with Crippen LogP contribution in [-0.4, -0.2) is 56.5 Å². The van der Waals surface area contributed by atoms with Crippen LogP contribution in [0.5, 0.6) is 0 Å². The normalized spacial score (nSPS) is 36.9. The molecule has 5 heteroatoms. The number of sulfone groups is 1. The van der Waals surface area contributed by atoms with Crippen LogP contribution in [0.3, 0.4) is 0 Å². The van der Waals surface area contributed by atoms with Crippen molar-refractivity contribution in [1.29, 1.82) is 0 Å². The number of nitrogens with one attached hydrogen (secondary N) is 1. The van der Waals surface area contributed by atoms with Crippen LogP contribution in [0, 0.1) is 5.92 Å². The molecule has 0 amide bonds. The van der Waals surface area contributed by atoms with Crippen molar-refractivity contribution in [2.24, 2.45) is 5.92 Å². The van der Waals surface area contributed by atoms with Gasteiger partial charge in [0.15, 0.2) is 9.84 Å². The van der Waals surface area contributed by atoms with Gasteiger partial charge in [0.1, 0.15) is 0 Å². The van der Waals surface area contributed by atoms with Crippen molar-refractivity contribution in [3.05, 3.63) is 0 Å². The summed E-state index contributed by atoms with van der Waals surface area (Å²) in [5.41, 5.74) is 0. The zero-order valence-corrected chi connectivity index (χ0v) is 11.8. The fraction of sp³-hybridized carbons (Fsp3) is 1.00. The molecule has 3 rings (SSSR count). The number of rotatable bonds is 4. The number of hydrogen-bond donors (Lipinski definition) is 1. The van der Waals surface area contributed by atoms with Gasteiger partial charge in [0, 0.05) is 18.6 Å². The first-order chi connectivity index (χ1) is 8.62. The van der Waals surface area contributed by atoms with Crippen LogP contribution in [0.15, 0.2) is 0 Å². The molecule has 18 heavy (non-hydrogen) atoms. The molecule has 0 spiro atoms. The summed E-state index contributed by atoms with van der Waals surface area (Å²) < 4.78 is 23.1. The largest absolute Gasteiger partial charge is 0.313 e. The second kappa shape index (κ2) is 5.10. The molecule has 0 radical (unpaired) electrons. The fourth-order valence-corrected chi connectivity index (χ4v) is 4.99. The topological polar surface area (TPSA) is 49.4 Å². The first-order valence-corrected chi connectivity index (χ1v) is 9.12. The average molecular weight is 272 g/mol. The summed E-state index contributed by atoms with van der Waals surface area (Å²) in [6, 6.07) is 1.09. The molecular weight excluding hydrogens is 248 g/mol. The molecule has 1 saturated carbocycles. The maximum absolute atomic E-state index is 11.6. The van der Waals surface area contributed by atoms with Gasteiger partial charge in [-0.3, -0.25) is 0 Å². The number of likely N-dealkylation sites (tertiary alicyclic amines) is 1. The van der Waals surface area contributed by atoms with Gasteiger partial charge >= 0.3 is 0 Å². The predicted molar refractivity (Wildman–Crippen MR) is 72.4 cm³/mol. The van der Waals surface area contributed by atoms with E-state index in [9.17, 15) is 8.42 Å². The molecule has 0 aromatic carbocycles. The maximum atomic E-state index is 11.6. The van der Waals surface area contributed by atoms with Gasteiger partial charge in [0.05, 0.1) is 11.5 Å². The molecule has 3 fully saturated rings. The summed E-state index contributed by atoms with van der Waals surface area (Å²) in [5, 5.41) is 3.49. The monoisotopic (exact) mass is 272 g/mol. The first kappa shape index (κ1) is 12.9. The second-order valence-electron chi connectivity index (χ2n) is 6.24. The van der Waals surface area contributed by atoms with E-state index in [1.807, 2.05) is 0 Å². The highest BCUT2D eigenvalue weighted by molar-refractivity contribution is 7.91. The van der Waals surface area contributed by atoms with E-state index in [0.29, 0.717) is 11.5 Å². The van der Waals surface area contributed by atoms with Crippen LogP contribution in [0.25, 0.3) is 0 Å². The molecule has 3 aliphatic rings. The second-order valence-corrected chi connectivity index (χ2v) is 8.47. The van der Waals surface area contributed by atoms with E-state index in [2.05, 4.69) is 10.2 Å². The van der Waals surface area contributed by atoms with Gasteiger partial charge in [-0.25, -0.2) is 8.42 Å². The summed E-state index contributed by atoms with van der Waals surface area (Å²) in [6.07, 6.45) is 5.92. The van der Waals surface area contributed by atoms with E-state index in [0.717, 1.165) is 31.3 Å². The van der Waals surface area contributed by atoms with Gasteiger partial charge in [-0.15, -0.1) is 0 Å². The van der Waals surface area contributed by atoms with Crippen LogP contribution in [0.2, 0.25) is 0 Å². The lowest BCUT2D eigenvalue weighted by molar-refractivity contribution is 0.309. The van der Waals surface area contributed by atoms with Gasteiger partial charge in [-0.1, -0.05) is 0 Å². The zero-order valence-electron chi connectivity index (χ0n) is 11.0. The van der Waals surface area contributed by atoms with E-state index < -0.39 is 9.84 Å². The van der Waals surface area contributed by atoms with E-state index >= 15 is 0 Å². The molecule has 104 valence electrons. The lowest BCUT2D eigenvalue weighted by atomic mass is 10.1. The predicted octanol–water partition coefficient (Wildman–Crippen LogP) is 0.638. The lowest BCUT2D eigenvalue weighted by Crippen LogP contribution is -2.42. The van der Waals surface area contributed by atoms with Crippen molar-refractivity contribution >= 4 is 9.84 Å². The Balaban J connectivity index is 1.41. The molecule has 1 N–H and O–H groups in total. The molecular formula is C13H24N2O2S. The van der Waals surface area contributed by atoms with Crippen LogP contribution in [0.1, 0.15) is 32.1 Å². The molecule has 2 unspecified atom stereocenters. The third-order valence-corrected chi connectivity index (χ3v) is 6.36. The Morgan fingerprint density at radius 2 is 2.00 bits per heavy atom. The SMILES string of the molecule is O=S1(=O)CCCC(NCC2CCN(C3CC3)C2)C1. The Morgan fingerprint density at radius 1 is 1.17 bits per heavy atom. The highest BCUT2D eigenvalue weighted by Gasteiger charge is 2.34. The minimum Gasteiger partial charge on any atom is -0.313 e. The van der Waals surface area contributed by atoms with Gasteiger partial charge < -0.3 is 10.2 Å². The molecule has 0 aromatic heterocycles. The van der Waals surface area contributed by atoms with E-state index in [4.69, 9.17) is 0 Å².